The van der Waals surface area contributed by atoms with Crippen molar-refractivity contribution in [3.8, 4) is 0 Å². The molecular formula is C14H20BrClN2O3S. The summed E-state index contributed by atoms with van der Waals surface area (Å²) in [6, 6.07) is 7.14. The number of carbonyl (C=O) groups excluding carboxylic acids is 1. The Morgan fingerprint density at radius 3 is 2.77 bits per heavy atom. The predicted octanol–water partition coefficient (Wildman–Crippen LogP) is 1.61. The topological polar surface area (TPSA) is 66.5 Å². The molecule has 0 atom stereocenters. The summed E-state index contributed by atoms with van der Waals surface area (Å²) in [5, 5.41) is 3.19. The lowest BCUT2D eigenvalue weighted by Gasteiger charge is -2.19. The van der Waals surface area contributed by atoms with Crippen LogP contribution in [-0.4, -0.2) is 51.2 Å². The molecule has 0 saturated carbocycles. The fourth-order valence-corrected chi connectivity index (χ4v) is 4.10. The van der Waals surface area contributed by atoms with Crippen LogP contribution in [0.3, 0.4) is 0 Å². The largest absolute Gasteiger partial charge is 0.340 e. The molecule has 1 aromatic carbocycles. The van der Waals surface area contributed by atoms with Gasteiger partial charge < -0.3 is 10.2 Å². The van der Waals surface area contributed by atoms with Gasteiger partial charge in [-0.2, -0.15) is 0 Å². The van der Waals surface area contributed by atoms with Crippen LogP contribution < -0.4 is 5.32 Å². The zero-order valence-corrected chi connectivity index (χ0v) is 15.3. The van der Waals surface area contributed by atoms with Crippen molar-refractivity contribution in [3.63, 3.8) is 0 Å². The summed E-state index contributed by atoms with van der Waals surface area (Å²) in [7, 11) is -3.44. The van der Waals surface area contributed by atoms with Crippen LogP contribution in [0.2, 0.25) is 0 Å². The number of benzene rings is 1. The Morgan fingerprint density at radius 1 is 1.27 bits per heavy atom. The first-order chi connectivity index (χ1) is 9.96. The van der Waals surface area contributed by atoms with Gasteiger partial charge in [-0.1, -0.05) is 28.1 Å². The van der Waals surface area contributed by atoms with E-state index in [1.54, 1.807) is 23.1 Å². The van der Waals surface area contributed by atoms with Crippen molar-refractivity contribution in [1.82, 2.24) is 10.2 Å². The summed E-state index contributed by atoms with van der Waals surface area (Å²) in [5.74, 6) is -0.822. The molecule has 0 bridgehead atoms. The minimum atomic E-state index is -3.44. The normalized spacial score (nSPS) is 15.8. The summed E-state index contributed by atoms with van der Waals surface area (Å²) >= 11 is 3.31. The van der Waals surface area contributed by atoms with Crippen molar-refractivity contribution in [1.29, 1.82) is 0 Å². The number of halogens is 2. The molecule has 5 nitrogen and oxygen atoms in total. The third-order valence-electron chi connectivity index (χ3n) is 3.31. The highest BCUT2D eigenvalue weighted by Gasteiger charge is 2.22. The fourth-order valence-electron chi connectivity index (χ4n) is 2.31. The van der Waals surface area contributed by atoms with Crippen molar-refractivity contribution in [3.05, 3.63) is 34.3 Å². The molecule has 0 aromatic heterocycles. The molecule has 0 radical (unpaired) electrons. The Kier molecular flexibility index (Phi) is 7.82. The molecule has 1 fully saturated rings. The van der Waals surface area contributed by atoms with E-state index in [1.807, 2.05) is 6.07 Å². The van der Waals surface area contributed by atoms with Gasteiger partial charge in [0.15, 0.2) is 9.84 Å². The van der Waals surface area contributed by atoms with Crippen LogP contribution in [0.15, 0.2) is 28.7 Å². The average molecular weight is 412 g/mol. The zero-order chi connectivity index (χ0) is 15.3. The maximum atomic E-state index is 12.2. The number of hydrogen-bond donors (Lipinski definition) is 1. The average Bonchev–Trinajstić information content (AvgIpc) is 2.66. The van der Waals surface area contributed by atoms with Gasteiger partial charge in [0.05, 0.1) is 5.75 Å². The van der Waals surface area contributed by atoms with Crippen LogP contribution >= 0.6 is 28.3 Å². The van der Waals surface area contributed by atoms with Gasteiger partial charge in [-0.05, 0) is 30.7 Å². The van der Waals surface area contributed by atoms with Crippen LogP contribution in [0.25, 0.3) is 0 Å². The number of nitrogens with one attached hydrogen (secondary N) is 1. The van der Waals surface area contributed by atoms with E-state index in [0.717, 1.165) is 24.0 Å². The molecular weight excluding hydrogens is 392 g/mol. The quantitative estimate of drug-likeness (QED) is 0.817. The SMILES string of the molecule is Cl.O=C(CS(=O)(=O)Cc1cccc(Br)c1)N1CCCNCC1. The second-order valence-corrected chi connectivity index (χ2v) is 8.13. The van der Waals surface area contributed by atoms with Gasteiger partial charge in [0, 0.05) is 24.1 Å². The van der Waals surface area contributed by atoms with E-state index >= 15 is 0 Å². The Hall–Kier alpha value is -0.630. The maximum absolute atomic E-state index is 12.2. The molecule has 8 heteroatoms. The molecule has 22 heavy (non-hydrogen) atoms. The molecule has 1 aromatic rings. The molecule has 2 rings (SSSR count). The minimum absolute atomic E-state index is 0. The molecule has 1 N–H and O–H groups in total. The summed E-state index contributed by atoms with van der Waals surface area (Å²) < 4.78 is 25.2. The highest BCUT2D eigenvalue weighted by atomic mass is 79.9. The van der Waals surface area contributed by atoms with E-state index in [1.165, 1.54) is 0 Å². The Labute approximate surface area is 145 Å². The second-order valence-electron chi connectivity index (χ2n) is 5.15. The van der Waals surface area contributed by atoms with Crippen molar-refractivity contribution in [2.75, 3.05) is 31.9 Å². The summed E-state index contributed by atoms with van der Waals surface area (Å²) in [6.45, 7) is 2.79. The molecule has 0 unspecified atom stereocenters. The van der Waals surface area contributed by atoms with E-state index in [2.05, 4.69) is 21.2 Å². The summed E-state index contributed by atoms with van der Waals surface area (Å²) in [6.07, 6.45) is 0.859. The lowest BCUT2D eigenvalue weighted by Crippen LogP contribution is -2.38. The lowest BCUT2D eigenvalue weighted by atomic mass is 10.2. The maximum Gasteiger partial charge on any atom is 0.237 e. The van der Waals surface area contributed by atoms with E-state index in [4.69, 9.17) is 0 Å². The lowest BCUT2D eigenvalue weighted by molar-refractivity contribution is -0.128. The molecule has 1 saturated heterocycles. The Bertz CT molecular complexity index is 602. The highest BCUT2D eigenvalue weighted by molar-refractivity contribution is 9.10. The number of nitrogens with zero attached hydrogens (tertiary/aromatic N) is 1. The number of carbonyl (C=O) groups is 1. The number of amides is 1. The van der Waals surface area contributed by atoms with Gasteiger partial charge in [0.2, 0.25) is 5.91 Å². The van der Waals surface area contributed by atoms with Crippen molar-refractivity contribution >= 4 is 44.1 Å². The van der Waals surface area contributed by atoms with Crippen molar-refractivity contribution in [2.24, 2.45) is 0 Å². The van der Waals surface area contributed by atoms with E-state index < -0.39 is 15.6 Å². The Balaban J connectivity index is 0.00000242. The molecule has 1 aliphatic rings. The van der Waals surface area contributed by atoms with Crippen molar-refractivity contribution < 1.29 is 13.2 Å². The predicted molar refractivity (Wildman–Crippen MR) is 92.9 cm³/mol. The fraction of sp³-hybridized carbons (Fsp3) is 0.500. The summed E-state index contributed by atoms with van der Waals surface area (Å²) in [4.78, 5) is 13.8. The first-order valence-corrected chi connectivity index (χ1v) is 9.51. The third-order valence-corrected chi connectivity index (χ3v) is 5.26. The first kappa shape index (κ1) is 19.4. The Morgan fingerprint density at radius 2 is 2.05 bits per heavy atom. The molecule has 0 aliphatic carbocycles. The van der Waals surface area contributed by atoms with Gasteiger partial charge in [-0.3, -0.25) is 4.79 Å². The van der Waals surface area contributed by atoms with Gasteiger partial charge in [-0.15, -0.1) is 12.4 Å². The monoisotopic (exact) mass is 410 g/mol. The molecule has 124 valence electrons. The third kappa shape index (κ3) is 6.24. The van der Waals surface area contributed by atoms with Crippen LogP contribution in [0.5, 0.6) is 0 Å². The zero-order valence-electron chi connectivity index (χ0n) is 12.1. The van der Waals surface area contributed by atoms with Gasteiger partial charge in [0.1, 0.15) is 5.75 Å². The van der Waals surface area contributed by atoms with Crippen LogP contribution in [0.4, 0.5) is 0 Å². The van der Waals surface area contributed by atoms with E-state index in [9.17, 15) is 13.2 Å². The number of hydrogen-bond acceptors (Lipinski definition) is 4. The first-order valence-electron chi connectivity index (χ1n) is 6.90. The van der Waals surface area contributed by atoms with E-state index in [0.29, 0.717) is 18.7 Å². The molecule has 0 spiro atoms. The number of rotatable bonds is 4. The van der Waals surface area contributed by atoms with Gasteiger partial charge >= 0.3 is 0 Å². The van der Waals surface area contributed by atoms with Gasteiger partial charge in [0.25, 0.3) is 0 Å². The van der Waals surface area contributed by atoms with Gasteiger partial charge in [-0.25, -0.2) is 8.42 Å². The van der Waals surface area contributed by atoms with Crippen LogP contribution in [0.1, 0.15) is 12.0 Å². The molecule has 1 heterocycles. The van der Waals surface area contributed by atoms with Crippen molar-refractivity contribution in [2.45, 2.75) is 12.2 Å². The minimum Gasteiger partial charge on any atom is -0.340 e. The number of sulfone groups is 1. The standard InChI is InChI=1S/C14H19BrN2O3S.ClH/c15-13-4-1-3-12(9-13)10-21(19,20)11-14(18)17-7-2-5-16-6-8-17;/h1,3-4,9,16H,2,5-8,10-11H2;1H. The molecule has 1 amide bonds. The summed E-state index contributed by atoms with van der Waals surface area (Å²) in [5.41, 5.74) is 0.690. The van der Waals surface area contributed by atoms with Crippen LogP contribution in [-0.2, 0) is 20.4 Å². The molecule has 1 aliphatic heterocycles. The van der Waals surface area contributed by atoms with Crippen LogP contribution in [0, 0.1) is 0 Å². The smallest absolute Gasteiger partial charge is 0.237 e. The second kappa shape index (κ2) is 8.86. The van der Waals surface area contributed by atoms with E-state index in [-0.39, 0.29) is 24.1 Å². The highest BCUT2D eigenvalue weighted by Crippen LogP contribution is 2.14.